The molecule has 1 aromatic rings. The van der Waals surface area contributed by atoms with Gasteiger partial charge in [-0.1, -0.05) is 23.8 Å². The maximum atomic E-state index is 12.8. The van der Waals surface area contributed by atoms with E-state index < -0.39 is 24.4 Å². The average Bonchev–Trinajstić information content (AvgIpc) is 2.66. The van der Waals surface area contributed by atoms with Gasteiger partial charge >= 0.3 is 0 Å². The molecule has 0 aromatic carbocycles. The molecule has 2 heterocycles. The summed E-state index contributed by atoms with van der Waals surface area (Å²) in [6.45, 7) is 4.77. The Bertz CT molecular complexity index is 786. The number of carbonyl (C=O) groups is 1. The highest BCUT2D eigenvalue weighted by atomic mass is 35.5. The number of hydrogen-bond acceptors (Lipinski definition) is 4. The van der Waals surface area contributed by atoms with Gasteiger partial charge in [0.2, 0.25) is 11.8 Å². The van der Waals surface area contributed by atoms with Gasteiger partial charge in [-0.3, -0.25) is 10.2 Å². The molecule has 0 saturated carbocycles. The van der Waals surface area contributed by atoms with Gasteiger partial charge in [0.1, 0.15) is 5.17 Å². The zero-order chi connectivity index (χ0) is 19.2. The van der Waals surface area contributed by atoms with E-state index in [9.17, 15) is 13.6 Å². The van der Waals surface area contributed by atoms with Crippen LogP contribution in [0.5, 0.6) is 5.88 Å². The van der Waals surface area contributed by atoms with Crippen LogP contribution in [0.4, 0.5) is 8.78 Å². The van der Waals surface area contributed by atoms with Gasteiger partial charge in [-0.05, 0) is 32.4 Å². The highest BCUT2D eigenvalue weighted by Gasteiger charge is 2.62. The van der Waals surface area contributed by atoms with Crippen molar-refractivity contribution in [3.8, 4) is 5.88 Å². The first kappa shape index (κ1) is 18.8. The molecule has 8 heteroatoms. The zero-order valence-corrected chi connectivity index (χ0v) is 15.4. The second kappa shape index (κ2) is 6.61. The monoisotopic (exact) mass is 383 g/mol. The number of likely N-dealkylation sites (tertiary alicyclic amines) is 1. The predicted octanol–water partition coefficient (Wildman–Crippen LogP) is 3.71. The molecule has 1 amide bonds. The predicted molar refractivity (Wildman–Crippen MR) is 93.8 cm³/mol. The van der Waals surface area contributed by atoms with Crippen LogP contribution in [0.1, 0.15) is 31.0 Å². The van der Waals surface area contributed by atoms with Crippen LogP contribution in [0.15, 0.2) is 24.4 Å². The lowest BCUT2D eigenvalue weighted by Crippen LogP contribution is -2.45. The molecule has 0 bridgehead atoms. The smallest absolute Gasteiger partial charge is 0.272 e. The van der Waals surface area contributed by atoms with Crippen molar-refractivity contribution in [1.82, 2.24) is 9.88 Å². The summed E-state index contributed by atoms with van der Waals surface area (Å²) in [5, 5.41) is 7.88. The first-order valence-electron chi connectivity index (χ1n) is 8.33. The number of amides is 1. The largest absolute Gasteiger partial charge is 0.471 e. The Balaban J connectivity index is 1.84. The van der Waals surface area contributed by atoms with E-state index in [1.807, 2.05) is 19.9 Å². The molecule has 26 heavy (non-hydrogen) atoms. The summed E-state index contributed by atoms with van der Waals surface area (Å²) in [7, 11) is 0. The number of rotatable bonds is 6. The van der Waals surface area contributed by atoms with Crippen LogP contribution in [0.3, 0.4) is 0 Å². The van der Waals surface area contributed by atoms with Gasteiger partial charge in [-0.25, -0.2) is 13.8 Å². The van der Waals surface area contributed by atoms with E-state index >= 15 is 0 Å². The van der Waals surface area contributed by atoms with E-state index in [-0.39, 0.29) is 29.0 Å². The normalized spacial score (nSPS) is 28.1. The standard InChI is InChI=1S/C18H20ClF2N3O2/c1-9-6-12(7-23-15(9)26-8-14(20)21)10(2)24-11(3)18(17(19)22)5-4-13(18)16(24)25/h4-7,10-11,13-14,22H,8H2,1-3H3/t10?,11?,13?,18-/m0/s1. The Morgan fingerprint density at radius 3 is 2.69 bits per heavy atom. The first-order chi connectivity index (χ1) is 12.2. The Morgan fingerprint density at radius 1 is 1.54 bits per heavy atom. The van der Waals surface area contributed by atoms with Crippen molar-refractivity contribution < 1.29 is 18.3 Å². The van der Waals surface area contributed by atoms with Crippen molar-refractivity contribution in [2.45, 2.75) is 39.3 Å². The summed E-state index contributed by atoms with van der Waals surface area (Å²) < 4.78 is 29.6. The van der Waals surface area contributed by atoms with Crippen molar-refractivity contribution >= 4 is 22.7 Å². The molecule has 3 rings (SSSR count). The van der Waals surface area contributed by atoms with Crippen LogP contribution in [-0.4, -0.2) is 40.0 Å². The minimum Gasteiger partial charge on any atom is -0.471 e. The minimum atomic E-state index is -2.57. The number of ether oxygens (including phenoxy) is 1. The fourth-order valence-electron chi connectivity index (χ4n) is 3.85. The molecule has 1 aromatic heterocycles. The Morgan fingerprint density at radius 2 is 2.23 bits per heavy atom. The molecule has 0 radical (unpaired) electrons. The van der Waals surface area contributed by atoms with Gasteiger partial charge in [0.25, 0.3) is 6.43 Å². The van der Waals surface area contributed by atoms with Crippen molar-refractivity contribution in [1.29, 1.82) is 5.41 Å². The lowest BCUT2D eigenvalue weighted by Gasteiger charge is -2.39. The summed E-state index contributed by atoms with van der Waals surface area (Å²) in [6.07, 6.45) is 2.58. The highest BCUT2D eigenvalue weighted by Crippen LogP contribution is 2.54. The minimum absolute atomic E-state index is 0.0365. The Hall–Kier alpha value is -2.02. The molecule has 4 atom stereocenters. The molecule has 140 valence electrons. The molecule has 1 aliphatic heterocycles. The lowest BCUT2D eigenvalue weighted by atomic mass is 9.66. The van der Waals surface area contributed by atoms with Gasteiger partial charge in [-0.2, -0.15) is 0 Å². The second-order valence-corrected chi connectivity index (χ2v) is 7.15. The topological polar surface area (TPSA) is 66.3 Å². The molecule has 1 N–H and O–H groups in total. The number of aromatic nitrogens is 1. The van der Waals surface area contributed by atoms with E-state index in [4.69, 9.17) is 21.7 Å². The van der Waals surface area contributed by atoms with Crippen LogP contribution in [0.25, 0.3) is 0 Å². The van der Waals surface area contributed by atoms with Crippen molar-refractivity contribution in [2.24, 2.45) is 11.3 Å². The van der Waals surface area contributed by atoms with E-state index in [0.29, 0.717) is 5.56 Å². The number of nitrogens with one attached hydrogen (secondary N) is 1. The maximum Gasteiger partial charge on any atom is 0.272 e. The maximum absolute atomic E-state index is 12.8. The summed E-state index contributed by atoms with van der Waals surface area (Å²) >= 11 is 6.02. The van der Waals surface area contributed by atoms with E-state index in [2.05, 4.69) is 4.98 Å². The van der Waals surface area contributed by atoms with Crippen molar-refractivity contribution in [3.05, 3.63) is 35.5 Å². The number of halogens is 3. The SMILES string of the molecule is Cc1cc(C(C)N2C(=O)C3C=C[C@]3(C(=N)Cl)C2C)cnc1OCC(F)F. The number of fused-ring (bicyclic) bond motifs is 1. The van der Waals surface area contributed by atoms with Crippen LogP contribution in [-0.2, 0) is 4.79 Å². The number of alkyl halides is 2. The number of nitrogens with zero attached hydrogens (tertiary/aromatic N) is 2. The third kappa shape index (κ3) is 2.69. The van der Waals surface area contributed by atoms with Gasteiger partial charge in [0.05, 0.1) is 17.4 Å². The highest BCUT2D eigenvalue weighted by molar-refractivity contribution is 6.66. The third-order valence-corrected chi connectivity index (χ3v) is 5.71. The Labute approximate surface area is 155 Å². The average molecular weight is 384 g/mol. The number of aryl methyl sites for hydroxylation is 1. The fourth-order valence-corrected chi connectivity index (χ4v) is 4.19. The molecular formula is C18H20ClF2N3O2. The zero-order valence-electron chi connectivity index (χ0n) is 14.7. The first-order valence-corrected chi connectivity index (χ1v) is 8.71. The van der Waals surface area contributed by atoms with Crippen LogP contribution in [0.2, 0.25) is 0 Å². The van der Waals surface area contributed by atoms with E-state index in [0.717, 1.165) is 5.56 Å². The van der Waals surface area contributed by atoms with Gasteiger partial charge < -0.3 is 9.64 Å². The van der Waals surface area contributed by atoms with E-state index in [1.165, 1.54) is 6.20 Å². The van der Waals surface area contributed by atoms with Crippen molar-refractivity contribution in [2.75, 3.05) is 6.61 Å². The van der Waals surface area contributed by atoms with Crippen LogP contribution < -0.4 is 4.74 Å². The molecule has 1 fully saturated rings. The van der Waals surface area contributed by atoms with Gasteiger partial charge in [0.15, 0.2) is 6.61 Å². The number of pyridine rings is 1. The molecule has 5 nitrogen and oxygen atoms in total. The molecule has 1 aliphatic carbocycles. The fraction of sp³-hybridized carbons (Fsp3) is 0.500. The molecular weight excluding hydrogens is 364 g/mol. The van der Waals surface area contributed by atoms with E-state index in [1.54, 1.807) is 24.0 Å². The Kier molecular flexibility index (Phi) is 4.77. The van der Waals surface area contributed by atoms with Gasteiger partial charge in [0, 0.05) is 17.8 Å². The summed E-state index contributed by atoms with van der Waals surface area (Å²) in [6, 6.07) is 1.22. The van der Waals surface area contributed by atoms with Crippen LogP contribution >= 0.6 is 11.6 Å². The second-order valence-electron chi connectivity index (χ2n) is 6.77. The third-order valence-electron chi connectivity index (χ3n) is 5.39. The molecule has 2 aliphatic rings. The quantitative estimate of drug-likeness (QED) is 0.601. The number of hydrogen-bond donors (Lipinski definition) is 1. The molecule has 3 unspecified atom stereocenters. The van der Waals surface area contributed by atoms with Crippen molar-refractivity contribution in [3.63, 3.8) is 0 Å². The van der Waals surface area contributed by atoms with Crippen LogP contribution in [0, 0.1) is 23.7 Å². The van der Waals surface area contributed by atoms with Gasteiger partial charge in [-0.15, -0.1) is 0 Å². The number of carbonyl (C=O) groups excluding carboxylic acids is 1. The summed E-state index contributed by atoms with van der Waals surface area (Å²) in [4.78, 5) is 18.7. The molecule has 0 spiro atoms. The summed E-state index contributed by atoms with van der Waals surface area (Å²) in [5.74, 6) is -0.330. The molecule has 1 saturated heterocycles. The summed E-state index contributed by atoms with van der Waals surface area (Å²) in [5.41, 5.74) is 0.634. The lowest BCUT2D eigenvalue weighted by molar-refractivity contribution is -0.132.